The van der Waals surface area contributed by atoms with E-state index < -0.39 is 0 Å². The fourth-order valence-corrected chi connectivity index (χ4v) is 3.26. The van der Waals surface area contributed by atoms with Crippen molar-refractivity contribution < 1.29 is 9.53 Å². The normalized spacial score (nSPS) is 11.2. The van der Waals surface area contributed by atoms with E-state index in [1.54, 1.807) is 7.11 Å². The number of H-pyrrole nitrogens is 2. The van der Waals surface area contributed by atoms with Crippen LogP contribution in [0.25, 0.3) is 21.8 Å². The molecule has 2 aromatic carbocycles. The number of hydrogen-bond donors (Lipinski definition) is 3. The van der Waals surface area contributed by atoms with Crippen molar-refractivity contribution in [2.75, 3.05) is 13.7 Å². The number of rotatable bonds is 5. The molecule has 0 spiro atoms. The topological polar surface area (TPSA) is 69.9 Å². The molecule has 0 aliphatic rings. The van der Waals surface area contributed by atoms with Crippen LogP contribution in [0.5, 0.6) is 5.75 Å². The highest BCUT2D eigenvalue weighted by atomic mass is 16.5. The second-order valence-corrected chi connectivity index (χ2v) is 6.51. The van der Waals surface area contributed by atoms with Crippen molar-refractivity contribution in [2.24, 2.45) is 0 Å². The van der Waals surface area contributed by atoms with Crippen LogP contribution in [0.3, 0.4) is 0 Å². The first-order valence-corrected chi connectivity index (χ1v) is 8.65. The highest BCUT2D eigenvalue weighted by molar-refractivity contribution is 5.98. The quantitative estimate of drug-likeness (QED) is 0.512. The summed E-state index contributed by atoms with van der Waals surface area (Å²) in [6.07, 6.45) is 2.80. The molecule has 1 amide bonds. The number of fused-ring (bicyclic) bond motifs is 2. The minimum atomic E-state index is -0.101. The van der Waals surface area contributed by atoms with Gasteiger partial charge in [-0.3, -0.25) is 4.79 Å². The van der Waals surface area contributed by atoms with E-state index in [1.165, 1.54) is 16.5 Å². The van der Waals surface area contributed by atoms with Gasteiger partial charge in [0.1, 0.15) is 11.4 Å². The molecule has 0 saturated heterocycles. The molecule has 0 unspecified atom stereocenters. The van der Waals surface area contributed by atoms with E-state index in [-0.39, 0.29) is 5.91 Å². The zero-order valence-corrected chi connectivity index (χ0v) is 14.8. The Labute approximate surface area is 151 Å². The Morgan fingerprint density at radius 3 is 2.85 bits per heavy atom. The lowest BCUT2D eigenvalue weighted by molar-refractivity contribution is 0.0950. The zero-order valence-electron chi connectivity index (χ0n) is 14.8. The number of aryl methyl sites for hydroxylation is 1. The molecule has 3 N–H and O–H groups in total. The summed E-state index contributed by atoms with van der Waals surface area (Å²) in [7, 11) is 1.63. The number of aromatic amines is 2. The number of methoxy groups -OCH3 is 1. The Kier molecular flexibility index (Phi) is 4.13. The summed E-state index contributed by atoms with van der Waals surface area (Å²) in [6, 6.07) is 13.9. The first-order valence-electron chi connectivity index (χ1n) is 8.65. The van der Waals surface area contributed by atoms with Crippen LogP contribution in [0.15, 0.2) is 48.7 Å². The second kappa shape index (κ2) is 6.59. The van der Waals surface area contributed by atoms with Crippen molar-refractivity contribution in [2.45, 2.75) is 13.3 Å². The monoisotopic (exact) mass is 347 g/mol. The van der Waals surface area contributed by atoms with Crippen LogP contribution < -0.4 is 10.1 Å². The molecule has 0 fully saturated rings. The van der Waals surface area contributed by atoms with Gasteiger partial charge in [-0.25, -0.2) is 0 Å². The van der Waals surface area contributed by atoms with Gasteiger partial charge in [-0.2, -0.15) is 0 Å². The average Bonchev–Trinajstić information content (AvgIpc) is 3.25. The zero-order chi connectivity index (χ0) is 18.1. The van der Waals surface area contributed by atoms with Gasteiger partial charge in [0.05, 0.1) is 7.11 Å². The molecular formula is C21H21N3O2. The fraction of sp³-hybridized carbons (Fsp3) is 0.190. The van der Waals surface area contributed by atoms with Gasteiger partial charge in [-0.1, -0.05) is 11.6 Å². The highest BCUT2D eigenvalue weighted by Crippen LogP contribution is 2.22. The Hall–Kier alpha value is -3.21. The summed E-state index contributed by atoms with van der Waals surface area (Å²) in [5.41, 5.74) is 5.02. The van der Waals surface area contributed by atoms with E-state index in [0.717, 1.165) is 28.6 Å². The number of hydrogen-bond acceptors (Lipinski definition) is 2. The molecule has 0 saturated carbocycles. The summed E-state index contributed by atoms with van der Waals surface area (Å²) >= 11 is 0. The van der Waals surface area contributed by atoms with Crippen LogP contribution in [-0.4, -0.2) is 29.5 Å². The van der Waals surface area contributed by atoms with E-state index in [4.69, 9.17) is 4.74 Å². The van der Waals surface area contributed by atoms with Gasteiger partial charge >= 0.3 is 0 Å². The number of carbonyl (C=O) groups is 1. The molecule has 0 bridgehead atoms. The Bertz CT molecular complexity index is 1090. The number of aromatic nitrogens is 2. The van der Waals surface area contributed by atoms with Crippen LogP contribution in [0.4, 0.5) is 0 Å². The van der Waals surface area contributed by atoms with E-state index >= 15 is 0 Å². The molecule has 132 valence electrons. The predicted octanol–water partition coefficient (Wildman–Crippen LogP) is 3.94. The highest BCUT2D eigenvalue weighted by Gasteiger charge is 2.10. The van der Waals surface area contributed by atoms with E-state index in [0.29, 0.717) is 12.2 Å². The average molecular weight is 347 g/mol. The van der Waals surface area contributed by atoms with Crippen LogP contribution >= 0.6 is 0 Å². The molecule has 2 heterocycles. The van der Waals surface area contributed by atoms with Crippen molar-refractivity contribution in [1.29, 1.82) is 0 Å². The smallest absolute Gasteiger partial charge is 0.267 e. The van der Waals surface area contributed by atoms with Crippen molar-refractivity contribution in [3.8, 4) is 5.75 Å². The van der Waals surface area contributed by atoms with Gasteiger partial charge in [-0.15, -0.1) is 0 Å². The van der Waals surface area contributed by atoms with Crippen LogP contribution in [0.1, 0.15) is 21.6 Å². The van der Waals surface area contributed by atoms with Gasteiger partial charge in [-0.05, 0) is 49.2 Å². The summed E-state index contributed by atoms with van der Waals surface area (Å²) in [5.74, 6) is 0.664. The summed E-state index contributed by atoms with van der Waals surface area (Å²) in [5, 5.41) is 5.20. The third-order valence-corrected chi connectivity index (χ3v) is 4.68. The van der Waals surface area contributed by atoms with Gasteiger partial charge in [0.25, 0.3) is 5.91 Å². The number of carbonyl (C=O) groups excluding carboxylic acids is 1. The first-order chi connectivity index (χ1) is 12.6. The maximum Gasteiger partial charge on any atom is 0.267 e. The van der Waals surface area contributed by atoms with Gasteiger partial charge in [0.15, 0.2) is 0 Å². The van der Waals surface area contributed by atoms with Gasteiger partial charge < -0.3 is 20.0 Å². The fourth-order valence-electron chi connectivity index (χ4n) is 3.26. The molecule has 26 heavy (non-hydrogen) atoms. The van der Waals surface area contributed by atoms with E-state index in [1.807, 2.05) is 30.5 Å². The van der Waals surface area contributed by atoms with E-state index in [9.17, 15) is 4.79 Å². The van der Waals surface area contributed by atoms with Crippen LogP contribution in [0.2, 0.25) is 0 Å². The van der Waals surface area contributed by atoms with Crippen molar-refractivity contribution in [1.82, 2.24) is 15.3 Å². The molecule has 0 aliphatic heterocycles. The lowest BCUT2D eigenvalue weighted by Gasteiger charge is -2.03. The largest absolute Gasteiger partial charge is 0.497 e. The predicted molar refractivity (Wildman–Crippen MR) is 104 cm³/mol. The standard InChI is InChI=1S/C21H21N3O2/c1-13-3-6-18-17(9-13)15(12-23-18)7-8-22-21(25)20-10-14-4-5-16(26-2)11-19(14)24-20/h3-6,9-12,23-24H,7-8H2,1-2H3,(H,22,25). The van der Waals surface area contributed by atoms with Crippen LogP contribution in [0, 0.1) is 6.92 Å². The lowest BCUT2D eigenvalue weighted by atomic mass is 10.1. The lowest BCUT2D eigenvalue weighted by Crippen LogP contribution is -2.25. The minimum Gasteiger partial charge on any atom is -0.497 e. The van der Waals surface area contributed by atoms with E-state index in [2.05, 4.69) is 40.4 Å². The maximum absolute atomic E-state index is 12.4. The summed E-state index contributed by atoms with van der Waals surface area (Å²) in [4.78, 5) is 18.9. The molecular weight excluding hydrogens is 326 g/mol. The molecule has 2 aromatic heterocycles. The van der Waals surface area contributed by atoms with Crippen molar-refractivity contribution >= 4 is 27.7 Å². The molecule has 5 nitrogen and oxygen atoms in total. The molecule has 5 heteroatoms. The Morgan fingerprint density at radius 2 is 2.00 bits per heavy atom. The third kappa shape index (κ3) is 3.04. The summed E-state index contributed by atoms with van der Waals surface area (Å²) in [6.45, 7) is 2.67. The number of benzene rings is 2. The number of amides is 1. The first kappa shape index (κ1) is 16.3. The molecule has 0 aliphatic carbocycles. The number of nitrogens with one attached hydrogen (secondary N) is 3. The molecule has 4 aromatic rings. The third-order valence-electron chi connectivity index (χ3n) is 4.68. The Morgan fingerprint density at radius 1 is 1.12 bits per heavy atom. The second-order valence-electron chi connectivity index (χ2n) is 6.51. The molecule has 0 radical (unpaired) electrons. The molecule has 4 rings (SSSR count). The molecule has 0 atom stereocenters. The maximum atomic E-state index is 12.4. The summed E-state index contributed by atoms with van der Waals surface area (Å²) < 4.78 is 5.22. The SMILES string of the molecule is COc1ccc2cc(C(=O)NCCc3c[nH]c4ccc(C)cc34)[nH]c2c1. The van der Waals surface area contributed by atoms with Crippen molar-refractivity contribution in [3.05, 3.63) is 65.5 Å². The van der Waals surface area contributed by atoms with Crippen LogP contribution in [-0.2, 0) is 6.42 Å². The number of ether oxygens (including phenoxy) is 1. The minimum absolute atomic E-state index is 0.101. The Balaban J connectivity index is 1.44. The van der Waals surface area contributed by atoms with Gasteiger partial charge in [0, 0.05) is 40.6 Å². The van der Waals surface area contributed by atoms with Crippen molar-refractivity contribution in [3.63, 3.8) is 0 Å². The van der Waals surface area contributed by atoms with Gasteiger partial charge in [0.2, 0.25) is 0 Å².